The lowest BCUT2D eigenvalue weighted by Gasteiger charge is -2.30. The van der Waals surface area contributed by atoms with E-state index in [9.17, 15) is 4.79 Å². The predicted molar refractivity (Wildman–Crippen MR) is 54.7 cm³/mol. The van der Waals surface area contributed by atoms with Gasteiger partial charge in [-0.15, -0.1) is 0 Å². The lowest BCUT2D eigenvalue weighted by molar-refractivity contribution is -0.136. The SMILES string of the molecule is Cc1nc(N)nc2c1OC(=O)C(C)N2C. The molecule has 2 heterocycles. The van der Waals surface area contributed by atoms with Gasteiger partial charge in [0.2, 0.25) is 5.95 Å². The summed E-state index contributed by atoms with van der Waals surface area (Å²) in [7, 11) is 1.77. The van der Waals surface area contributed by atoms with E-state index in [1.54, 1.807) is 25.8 Å². The zero-order valence-corrected chi connectivity index (χ0v) is 8.81. The van der Waals surface area contributed by atoms with Crippen molar-refractivity contribution in [2.24, 2.45) is 0 Å². The lowest BCUT2D eigenvalue weighted by atomic mass is 10.2. The van der Waals surface area contributed by atoms with Gasteiger partial charge < -0.3 is 15.4 Å². The molecule has 6 heteroatoms. The predicted octanol–water partition coefficient (Wildman–Crippen LogP) is 0.111. The van der Waals surface area contributed by atoms with Crippen LogP contribution in [-0.2, 0) is 4.79 Å². The Hall–Kier alpha value is -1.85. The summed E-state index contributed by atoms with van der Waals surface area (Å²) < 4.78 is 5.14. The highest BCUT2D eigenvalue weighted by atomic mass is 16.5. The molecule has 0 fully saturated rings. The van der Waals surface area contributed by atoms with E-state index in [1.807, 2.05) is 0 Å². The Kier molecular flexibility index (Phi) is 1.99. The maximum Gasteiger partial charge on any atom is 0.334 e. The molecule has 2 rings (SSSR count). The number of fused-ring (bicyclic) bond motifs is 1. The summed E-state index contributed by atoms with van der Waals surface area (Å²) in [6.07, 6.45) is 0. The van der Waals surface area contributed by atoms with Gasteiger partial charge in [0, 0.05) is 7.05 Å². The number of aryl methyl sites for hydroxylation is 1. The van der Waals surface area contributed by atoms with Crippen molar-refractivity contribution in [3.8, 4) is 5.75 Å². The number of aromatic nitrogens is 2. The largest absolute Gasteiger partial charge is 0.419 e. The number of ether oxygens (including phenoxy) is 1. The number of likely N-dealkylation sites (N-methyl/N-ethyl adjacent to an activating group) is 1. The summed E-state index contributed by atoms with van der Waals surface area (Å²) in [6, 6.07) is -0.355. The third-order valence-corrected chi connectivity index (χ3v) is 2.49. The van der Waals surface area contributed by atoms with Crippen molar-refractivity contribution >= 4 is 17.7 Å². The van der Waals surface area contributed by atoms with Crippen molar-refractivity contribution in [3.63, 3.8) is 0 Å². The second kappa shape index (κ2) is 3.08. The van der Waals surface area contributed by atoms with Gasteiger partial charge in [-0.1, -0.05) is 0 Å². The maximum atomic E-state index is 11.5. The highest BCUT2D eigenvalue weighted by Crippen LogP contribution is 2.33. The van der Waals surface area contributed by atoms with E-state index in [-0.39, 0.29) is 18.0 Å². The Bertz CT molecular complexity index is 432. The normalized spacial score (nSPS) is 19.8. The molecule has 1 aromatic rings. The van der Waals surface area contributed by atoms with Gasteiger partial charge in [-0.05, 0) is 13.8 Å². The molecule has 0 amide bonds. The Morgan fingerprint density at radius 1 is 1.47 bits per heavy atom. The molecular formula is C9H12N4O2. The Balaban J connectivity index is 2.60. The standard InChI is InChI=1S/C9H12N4O2/c1-4-6-7(12-9(10)11-4)13(3)5(2)8(14)15-6/h5H,1-3H3,(H2,10,11,12). The molecule has 0 saturated carbocycles. The van der Waals surface area contributed by atoms with Crippen LogP contribution in [0, 0.1) is 6.92 Å². The molecule has 1 aliphatic heterocycles. The first-order valence-corrected chi connectivity index (χ1v) is 4.59. The molecule has 0 radical (unpaired) electrons. The van der Waals surface area contributed by atoms with Gasteiger partial charge in [0.05, 0.1) is 5.69 Å². The average molecular weight is 208 g/mol. The number of esters is 1. The van der Waals surface area contributed by atoms with Crippen LogP contribution < -0.4 is 15.4 Å². The molecule has 1 unspecified atom stereocenters. The quantitative estimate of drug-likeness (QED) is 0.609. The zero-order valence-electron chi connectivity index (χ0n) is 8.81. The maximum absolute atomic E-state index is 11.5. The van der Waals surface area contributed by atoms with Crippen LogP contribution in [0.3, 0.4) is 0 Å². The van der Waals surface area contributed by atoms with Crippen LogP contribution >= 0.6 is 0 Å². The van der Waals surface area contributed by atoms with Gasteiger partial charge in [-0.3, -0.25) is 0 Å². The molecule has 0 aliphatic carbocycles. The van der Waals surface area contributed by atoms with Crippen LogP contribution in [-0.4, -0.2) is 29.0 Å². The molecule has 15 heavy (non-hydrogen) atoms. The van der Waals surface area contributed by atoms with E-state index < -0.39 is 0 Å². The molecule has 0 spiro atoms. The van der Waals surface area contributed by atoms with Crippen LogP contribution in [0.25, 0.3) is 0 Å². The third-order valence-electron chi connectivity index (χ3n) is 2.49. The number of nitrogens with zero attached hydrogens (tertiary/aromatic N) is 3. The minimum absolute atomic E-state index is 0.184. The molecule has 1 aliphatic rings. The minimum atomic E-state index is -0.355. The number of hydrogen-bond donors (Lipinski definition) is 1. The Labute approximate surface area is 87.1 Å². The fourth-order valence-corrected chi connectivity index (χ4v) is 1.45. The minimum Gasteiger partial charge on any atom is -0.419 e. The first-order chi connectivity index (χ1) is 7.00. The fraction of sp³-hybridized carbons (Fsp3) is 0.444. The van der Waals surface area contributed by atoms with Crippen molar-refractivity contribution in [3.05, 3.63) is 5.69 Å². The second-order valence-electron chi connectivity index (χ2n) is 3.53. The summed E-state index contributed by atoms with van der Waals surface area (Å²) >= 11 is 0. The van der Waals surface area contributed by atoms with Crippen LogP contribution in [0.15, 0.2) is 0 Å². The molecule has 80 valence electrons. The molecule has 1 aromatic heterocycles. The number of hydrogen-bond acceptors (Lipinski definition) is 6. The number of nitrogen functional groups attached to an aromatic ring is 1. The summed E-state index contributed by atoms with van der Waals surface area (Å²) in [5, 5.41) is 0. The molecule has 0 bridgehead atoms. The van der Waals surface area contributed by atoms with Crippen LogP contribution in [0.5, 0.6) is 5.75 Å². The van der Waals surface area contributed by atoms with Gasteiger partial charge >= 0.3 is 5.97 Å². The smallest absolute Gasteiger partial charge is 0.334 e. The summed E-state index contributed by atoms with van der Waals surface area (Å²) in [6.45, 7) is 3.48. The van der Waals surface area contributed by atoms with E-state index in [0.717, 1.165) is 0 Å². The van der Waals surface area contributed by atoms with E-state index in [0.29, 0.717) is 17.3 Å². The first-order valence-electron chi connectivity index (χ1n) is 4.59. The van der Waals surface area contributed by atoms with Crippen molar-refractivity contribution in [1.82, 2.24) is 9.97 Å². The summed E-state index contributed by atoms with van der Waals surface area (Å²) in [5.41, 5.74) is 6.11. The Morgan fingerprint density at radius 3 is 2.80 bits per heavy atom. The van der Waals surface area contributed by atoms with Gasteiger partial charge in [-0.25, -0.2) is 9.78 Å². The second-order valence-corrected chi connectivity index (χ2v) is 3.53. The third kappa shape index (κ3) is 1.38. The first kappa shape index (κ1) is 9.70. The van der Waals surface area contributed by atoms with E-state index in [4.69, 9.17) is 10.5 Å². The highest BCUT2D eigenvalue weighted by molar-refractivity contribution is 5.86. The van der Waals surface area contributed by atoms with Crippen LogP contribution in [0.1, 0.15) is 12.6 Å². The van der Waals surface area contributed by atoms with Crippen LogP contribution in [0.4, 0.5) is 11.8 Å². The summed E-state index contributed by atoms with van der Waals surface area (Å²) in [5.74, 6) is 0.839. The molecule has 0 saturated heterocycles. The molecule has 2 N–H and O–H groups in total. The molecular weight excluding hydrogens is 196 g/mol. The van der Waals surface area contributed by atoms with Gasteiger partial charge in [0.1, 0.15) is 6.04 Å². The molecule has 1 atom stereocenters. The van der Waals surface area contributed by atoms with Crippen molar-refractivity contribution in [2.45, 2.75) is 19.9 Å². The van der Waals surface area contributed by atoms with Gasteiger partial charge in [0.15, 0.2) is 11.6 Å². The Morgan fingerprint density at radius 2 is 2.13 bits per heavy atom. The molecule has 6 nitrogen and oxygen atoms in total. The monoisotopic (exact) mass is 208 g/mol. The van der Waals surface area contributed by atoms with Crippen molar-refractivity contribution in [2.75, 3.05) is 17.7 Å². The van der Waals surface area contributed by atoms with E-state index in [2.05, 4.69) is 9.97 Å². The average Bonchev–Trinajstić information content (AvgIpc) is 2.17. The topological polar surface area (TPSA) is 81.3 Å². The number of rotatable bonds is 0. The summed E-state index contributed by atoms with van der Waals surface area (Å²) in [4.78, 5) is 21.2. The van der Waals surface area contributed by atoms with Crippen molar-refractivity contribution in [1.29, 1.82) is 0 Å². The number of nitrogens with two attached hydrogens (primary N) is 1. The lowest BCUT2D eigenvalue weighted by Crippen LogP contribution is -2.43. The van der Waals surface area contributed by atoms with E-state index >= 15 is 0 Å². The number of carbonyl (C=O) groups is 1. The van der Waals surface area contributed by atoms with Crippen LogP contribution in [0.2, 0.25) is 0 Å². The van der Waals surface area contributed by atoms with Gasteiger partial charge in [0.25, 0.3) is 0 Å². The van der Waals surface area contributed by atoms with Crippen molar-refractivity contribution < 1.29 is 9.53 Å². The molecule has 0 aromatic carbocycles. The zero-order chi connectivity index (χ0) is 11.2. The van der Waals surface area contributed by atoms with Gasteiger partial charge in [-0.2, -0.15) is 4.98 Å². The highest BCUT2D eigenvalue weighted by Gasteiger charge is 2.32. The fourth-order valence-electron chi connectivity index (χ4n) is 1.45. The number of anilines is 2. The number of carbonyl (C=O) groups excluding carboxylic acids is 1. The van der Waals surface area contributed by atoms with E-state index in [1.165, 1.54) is 0 Å².